The number of carbonyl (C=O) groups is 1. The molecule has 1 aromatic carbocycles. The number of aliphatic hydroxyl groups is 1. The van der Waals surface area contributed by atoms with Crippen LogP contribution in [0, 0.1) is 0 Å². The molecule has 0 aliphatic heterocycles. The van der Waals surface area contributed by atoms with Gasteiger partial charge in [0.25, 0.3) is 5.60 Å². The summed E-state index contributed by atoms with van der Waals surface area (Å²) in [6, 6.07) is 2.00. The summed E-state index contributed by atoms with van der Waals surface area (Å²) in [5, 5.41) is 9.35. The van der Waals surface area contributed by atoms with E-state index in [-0.39, 0.29) is 5.56 Å². The monoisotopic (exact) mass is 328 g/mol. The van der Waals surface area contributed by atoms with Crippen LogP contribution in [0.5, 0.6) is 5.75 Å². The van der Waals surface area contributed by atoms with E-state index in [4.69, 9.17) is 0 Å². The van der Waals surface area contributed by atoms with Crippen molar-refractivity contribution >= 4 is 12.0 Å². The molecule has 0 unspecified atom stereocenters. The lowest BCUT2D eigenvalue weighted by atomic mass is 9.90. The number of halogens is 6. The summed E-state index contributed by atoms with van der Waals surface area (Å²) in [4.78, 5) is 10.9. The molecule has 0 bridgehead atoms. The van der Waals surface area contributed by atoms with Crippen molar-refractivity contribution in [2.24, 2.45) is 0 Å². The molecule has 0 fully saturated rings. The van der Waals surface area contributed by atoms with Crippen LogP contribution in [-0.2, 0) is 10.4 Å². The number of hydrogen-bond donors (Lipinski definition) is 1. The standard InChI is InChI=1S/C13H10F6O3/c1-3-8-4-5-9(10(6-8)22-7(2)20)11(21,12(14,15)16)13(17,18)19/h3-6,21H,1H2,2H3. The highest BCUT2D eigenvalue weighted by Crippen LogP contribution is 2.52. The predicted octanol–water partition coefficient (Wildman–Crippen LogP) is 3.57. The highest BCUT2D eigenvalue weighted by Gasteiger charge is 2.72. The maximum absolute atomic E-state index is 12.9. The molecule has 0 radical (unpaired) electrons. The Balaban J connectivity index is 3.69. The van der Waals surface area contributed by atoms with Gasteiger partial charge in [-0.15, -0.1) is 0 Å². The van der Waals surface area contributed by atoms with E-state index in [9.17, 15) is 36.2 Å². The first-order valence-electron chi connectivity index (χ1n) is 5.65. The summed E-state index contributed by atoms with van der Waals surface area (Å²) in [5.41, 5.74) is -6.70. The Morgan fingerprint density at radius 2 is 1.68 bits per heavy atom. The van der Waals surface area contributed by atoms with Crippen molar-refractivity contribution in [3.8, 4) is 5.75 Å². The van der Waals surface area contributed by atoms with Gasteiger partial charge in [0.2, 0.25) is 0 Å². The van der Waals surface area contributed by atoms with Crippen LogP contribution in [-0.4, -0.2) is 23.4 Å². The minimum Gasteiger partial charge on any atom is -0.426 e. The third kappa shape index (κ3) is 3.08. The Morgan fingerprint density at radius 1 is 1.18 bits per heavy atom. The number of ether oxygens (including phenoxy) is 1. The molecule has 22 heavy (non-hydrogen) atoms. The fourth-order valence-electron chi connectivity index (χ4n) is 1.67. The van der Waals surface area contributed by atoms with Gasteiger partial charge in [0.1, 0.15) is 5.75 Å². The van der Waals surface area contributed by atoms with Gasteiger partial charge in [-0.3, -0.25) is 4.79 Å². The van der Waals surface area contributed by atoms with Crippen LogP contribution in [0.2, 0.25) is 0 Å². The van der Waals surface area contributed by atoms with Crippen LogP contribution >= 0.6 is 0 Å². The van der Waals surface area contributed by atoms with Gasteiger partial charge >= 0.3 is 18.3 Å². The largest absolute Gasteiger partial charge is 0.430 e. The molecule has 3 nitrogen and oxygen atoms in total. The number of alkyl halides is 6. The normalized spacial score (nSPS) is 12.9. The number of esters is 1. The fourth-order valence-corrected chi connectivity index (χ4v) is 1.67. The quantitative estimate of drug-likeness (QED) is 0.524. The van der Waals surface area contributed by atoms with Gasteiger partial charge in [0, 0.05) is 12.5 Å². The zero-order chi connectivity index (χ0) is 17.3. The van der Waals surface area contributed by atoms with Gasteiger partial charge in [-0.25, -0.2) is 0 Å². The smallest absolute Gasteiger partial charge is 0.426 e. The van der Waals surface area contributed by atoms with Gasteiger partial charge in [-0.2, -0.15) is 26.3 Å². The van der Waals surface area contributed by atoms with Crippen LogP contribution in [0.15, 0.2) is 24.8 Å². The van der Waals surface area contributed by atoms with Gasteiger partial charge in [0.15, 0.2) is 0 Å². The maximum atomic E-state index is 12.9. The lowest BCUT2D eigenvalue weighted by molar-refractivity contribution is -0.376. The average Bonchev–Trinajstić information content (AvgIpc) is 2.34. The lowest BCUT2D eigenvalue weighted by Gasteiger charge is -2.33. The van der Waals surface area contributed by atoms with E-state index in [1.807, 2.05) is 0 Å². The molecular weight excluding hydrogens is 318 g/mol. The minimum atomic E-state index is -6.07. The molecule has 9 heteroatoms. The number of hydrogen-bond acceptors (Lipinski definition) is 3. The second-order valence-electron chi connectivity index (χ2n) is 4.26. The van der Waals surface area contributed by atoms with Crippen molar-refractivity contribution in [2.45, 2.75) is 24.9 Å². The molecule has 0 atom stereocenters. The Hall–Kier alpha value is -2.03. The van der Waals surface area contributed by atoms with E-state index < -0.39 is 35.2 Å². The molecule has 0 aliphatic carbocycles. The Morgan fingerprint density at radius 3 is 2.05 bits per heavy atom. The lowest BCUT2D eigenvalue weighted by Crippen LogP contribution is -2.54. The summed E-state index contributed by atoms with van der Waals surface area (Å²) >= 11 is 0. The summed E-state index contributed by atoms with van der Waals surface area (Å²) in [6.07, 6.45) is -11.0. The summed E-state index contributed by atoms with van der Waals surface area (Å²) in [5.74, 6) is -2.20. The van der Waals surface area contributed by atoms with Crippen molar-refractivity contribution in [2.75, 3.05) is 0 Å². The average molecular weight is 328 g/mol. The van der Waals surface area contributed by atoms with Gasteiger partial charge < -0.3 is 9.84 Å². The van der Waals surface area contributed by atoms with Crippen molar-refractivity contribution < 1.29 is 41.0 Å². The first-order valence-corrected chi connectivity index (χ1v) is 5.65. The van der Waals surface area contributed by atoms with Gasteiger partial charge in [-0.1, -0.05) is 24.8 Å². The molecule has 0 heterocycles. The molecule has 0 spiro atoms. The Bertz CT molecular complexity index is 574. The first kappa shape index (κ1) is 18.0. The zero-order valence-corrected chi connectivity index (χ0v) is 11.0. The van der Waals surface area contributed by atoms with E-state index >= 15 is 0 Å². The predicted molar refractivity (Wildman–Crippen MR) is 63.8 cm³/mol. The number of carbonyl (C=O) groups excluding carboxylic acids is 1. The molecule has 0 saturated carbocycles. The van der Waals surface area contributed by atoms with E-state index in [0.717, 1.165) is 25.1 Å². The third-order valence-electron chi connectivity index (χ3n) is 2.71. The highest BCUT2D eigenvalue weighted by atomic mass is 19.4. The number of rotatable bonds is 3. The van der Waals surface area contributed by atoms with Crippen molar-refractivity contribution in [1.29, 1.82) is 0 Å². The highest BCUT2D eigenvalue weighted by molar-refractivity contribution is 5.70. The molecule has 1 aromatic rings. The molecule has 1 N–H and O–H groups in total. The van der Waals surface area contributed by atoms with E-state index in [1.165, 1.54) is 0 Å². The van der Waals surface area contributed by atoms with Crippen molar-refractivity contribution in [1.82, 2.24) is 0 Å². The molecular formula is C13H10F6O3. The van der Waals surface area contributed by atoms with Gasteiger partial charge in [-0.05, 0) is 11.6 Å². The zero-order valence-electron chi connectivity index (χ0n) is 11.0. The summed E-state index contributed by atoms with van der Waals surface area (Å²) in [7, 11) is 0. The molecule has 0 saturated heterocycles. The molecule has 1 rings (SSSR count). The molecule has 122 valence electrons. The SMILES string of the molecule is C=Cc1ccc(C(O)(C(F)(F)F)C(F)(F)F)c(OC(C)=O)c1. The topological polar surface area (TPSA) is 46.5 Å². The fraction of sp³-hybridized carbons (Fsp3) is 0.308. The van der Waals surface area contributed by atoms with Crippen LogP contribution in [0.1, 0.15) is 18.1 Å². The Labute approximate surface area is 120 Å². The second kappa shape index (κ2) is 5.64. The summed E-state index contributed by atoms with van der Waals surface area (Å²) < 4.78 is 81.5. The number of benzene rings is 1. The third-order valence-corrected chi connectivity index (χ3v) is 2.71. The van der Waals surface area contributed by atoms with Crippen molar-refractivity contribution in [3.05, 3.63) is 35.9 Å². The summed E-state index contributed by atoms with van der Waals surface area (Å²) in [6.45, 7) is 4.09. The van der Waals surface area contributed by atoms with Crippen LogP contribution in [0.25, 0.3) is 6.08 Å². The van der Waals surface area contributed by atoms with E-state index in [1.54, 1.807) is 0 Å². The van der Waals surface area contributed by atoms with Crippen LogP contribution in [0.3, 0.4) is 0 Å². The van der Waals surface area contributed by atoms with Crippen LogP contribution in [0.4, 0.5) is 26.3 Å². The first-order chi connectivity index (χ1) is 9.84. The molecule has 0 aromatic heterocycles. The minimum absolute atomic E-state index is 0.103. The maximum Gasteiger partial charge on any atom is 0.430 e. The van der Waals surface area contributed by atoms with E-state index in [0.29, 0.717) is 6.07 Å². The molecule has 0 aliphatic rings. The van der Waals surface area contributed by atoms with Crippen LogP contribution < -0.4 is 4.74 Å². The van der Waals surface area contributed by atoms with Gasteiger partial charge in [0.05, 0.1) is 0 Å². The Kier molecular flexibility index (Phi) is 4.62. The van der Waals surface area contributed by atoms with E-state index in [2.05, 4.69) is 11.3 Å². The molecule has 0 amide bonds. The van der Waals surface area contributed by atoms with Crippen molar-refractivity contribution in [3.63, 3.8) is 0 Å². The second-order valence-corrected chi connectivity index (χ2v) is 4.26.